The molecule has 0 aromatic heterocycles. The van der Waals surface area contributed by atoms with E-state index in [-0.39, 0.29) is 19.1 Å². The van der Waals surface area contributed by atoms with E-state index in [0.717, 1.165) is 5.56 Å². The normalized spacial score (nSPS) is 22.6. The number of likely N-dealkylation sites (tertiary alicyclic amines) is 1. The van der Waals surface area contributed by atoms with Gasteiger partial charge in [-0.05, 0) is 26.3 Å². The summed E-state index contributed by atoms with van der Waals surface area (Å²) in [6.07, 6.45) is -2.25. The van der Waals surface area contributed by atoms with Gasteiger partial charge in [0, 0.05) is 25.6 Å². The molecule has 1 aliphatic heterocycles. The summed E-state index contributed by atoms with van der Waals surface area (Å²) in [5.41, 5.74) is 0.425. The lowest BCUT2D eigenvalue weighted by molar-refractivity contribution is -0.235. The fraction of sp³-hybridized carbons (Fsp3) is 0.611. The molecule has 2 unspecified atom stereocenters. The van der Waals surface area contributed by atoms with Gasteiger partial charge in [0.1, 0.15) is 6.61 Å². The number of benzene rings is 1. The van der Waals surface area contributed by atoms with Crippen molar-refractivity contribution in [1.29, 1.82) is 0 Å². The van der Waals surface area contributed by atoms with Gasteiger partial charge in [-0.15, -0.1) is 0 Å². The highest BCUT2D eigenvalue weighted by molar-refractivity contribution is 5.67. The van der Waals surface area contributed by atoms with Crippen LogP contribution in [-0.2, 0) is 16.1 Å². The third kappa shape index (κ3) is 6.62. The van der Waals surface area contributed by atoms with Crippen molar-refractivity contribution < 1.29 is 24.5 Å². The first-order valence-electron chi connectivity index (χ1n) is 8.47. The van der Waals surface area contributed by atoms with Gasteiger partial charge in [-0.3, -0.25) is 4.90 Å². The van der Waals surface area contributed by atoms with Crippen LogP contribution in [0.2, 0.25) is 0 Å². The summed E-state index contributed by atoms with van der Waals surface area (Å²) in [4.78, 5) is 13.4. The minimum atomic E-state index is -1.08. The van der Waals surface area contributed by atoms with Crippen LogP contribution in [-0.4, -0.2) is 59.0 Å². The molecule has 1 aromatic rings. The Balaban J connectivity index is 1.72. The smallest absolute Gasteiger partial charge is 0.407 e. The molecular formula is C18H28N2O5. The summed E-state index contributed by atoms with van der Waals surface area (Å²) >= 11 is 0. The molecule has 0 radical (unpaired) electrons. The lowest BCUT2D eigenvalue weighted by atomic mass is 10.1. The summed E-state index contributed by atoms with van der Waals surface area (Å²) < 4.78 is 10.6. The zero-order chi connectivity index (χ0) is 18.4. The first kappa shape index (κ1) is 19.7. The number of amides is 1. The zero-order valence-electron chi connectivity index (χ0n) is 15.0. The maximum atomic E-state index is 11.8. The number of rotatable bonds is 6. The third-order valence-corrected chi connectivity index (χ3v) is 3.93. The number of aliphatic hydroxyl groups is 2. The number of carbonyl (C=O) groups excluding carboxylic acids is 1. The molecular weight excluding hydrogens is 324 g/mol. The number of ether oxygens (including phenoxy) is 2. The van der Waals surface area contributed by atoms with Gasteiger partial charge in [-0.25, -0.2) is 4.79 Å². The fourth-order valence-electron chi connectivity index (χ4n) is 2.65. The van der Waals surface area contributed by atoms with Gasteiger partial charge in [0.25, 0.3) is 0 Å². The van der Waals surface area contributed by atoms with Gasteiger partial charge in [0.2, 0.25) is 6.41 Å². The number of hydrogen-bond donors (Lipinski definition) is 3. The van der Waals surface area contributed by atoms with Crippen LogP contribution in [0.3, 0.4) is 0 Å². The Morgan fingerprint density at radius 3 is 2.64 bits per heavy atom. The predicted molar refractivity (Wildman–Crippen MR) is 92.5 cm³/mol. The Labute approximate surface area is 148 Å². The summed E-state index contributed by atoms with van der Waals surface area (Å²) in [5.74, 6) is -0.192. The summed E-state index contributed by atoms with van der Waals surface area (Å²) in [5, 5.41) is 22.9. The van der Waals surface area contributed by atoms with Crippen LogP contribution in [0, 0.1) is 5.92 Å². The van der Waals surface area contributed by atoms with Gasteiger partial charge in [-0.2, -0.15) is 0 Å². The first-order valence-corrected chi connectivity index (χ1v) is 8.47. The van der Waals surface area contributed by atoms with Crippen molar-refractivity contribution in [3.63, 3.8) is 0 Å². The van der Waals surface area contributed by atoms with E-state index in [9.17, 15) is 15.0 Å². The van der Waals surface area contributed by atoms with E-state index in [1.807, 2.05) is 51.1 Å². The van der Waals surface area contributed by atoms with Crippen molar-refractivity contribution in [1.82, 2.24) is 10.2 Å². The average Bonchev–Trinajstić information content (AvgIpc) is 2.91. The molecule has 140 valence electrons. The highest BCUT2D eigenvalue weighted by atomic mass is 16.6. The number of nitrogens with one attached hydrogen (secondary N) is 1. The number of hydrogen-bond acceptors (Lipinski definition) is 6. The van der Waals surface area contributed by atoms with Crippen molar-refractivity contribution in [3.05, 3.63) is 35.9 Å². The number of carbonyl (C=O) groups is 1. The maximum Gasteiger partial charge on any atom is 0.407 e. The second-order valence-corrected chi connectivity index (χ2v) is 7.28. The van der Waals surface area contributed by atoms with Crippen LogP contribution in [0.4, 0.5) is 4.79 Å². The summed E-state index contributed by atoms with van der Waals surface area (Å²) in [6, 6.07) is 9.41. The zero-order valence-corrected chi connectivity index (χ0v) is 15.0. The SMILES string of the molecule is CC(C)(C)OC(O)N1CC(O)[C@@H](CNC(=O)OCc2ccccc2)C1. The molecule has 7 heteroatoms. The lowest BCUT2D eigenvalue weighted by Crippen LogP contribution is -2.41. The molecule has 1 heterocycles. The van der Waals surface area contributed by atoms with E-state index in [4.69, 9.17) is 9.47 Å². The number of aliphatic hydroxyl groups excluding tert-OH is 2. The maximum absolute atomic E-state index is 11.8. The average molecular weight is 352 g/mol. The Morgan fingerprint density at radius 2 is 2.00 bits per heavy atom. The van der Waals surface area contributed by atoms with Crippen LogP contribution in [0.25, 0.3) is 0 Å². The van der Waals surface area contributed by atoms with E-state index in [1.54, 1.807) is 4.90 Å². The molecule has 0 bridgehead atoms. The van der Waals surface area contributed by atoms with Gasteiger partial charge in [-0.1, -0.05) is 30.3 Å². The van der Waals surface area contributed by atoms with Crippen LogP contribution in [0.1, 0.15) is 26.3 Å². The van der Waals surface area contributed by atoms with E-state index in [0.29, 0.717) is 13.1 Å². The van der Waals surface area contributed by atoms with Crippen molar-refractivity contribution in [3.8, 4) is 0 Å². The number of alkyl carbamates (subject to hydrolysis) is 1. The Kier molecular flexibility index (Phi) is 6.78. The van der Waals surface area contributed by atoms with E-state index < -0.39 is 24.2 Å². The molecule has 1 amide bonds. The number of β-amino-alcohol motifs (C(OH)–C–C–N with tert-alkyl or cyclic N) is 1. The Bertz CT molecular complexity index is 546. The van der Waals surface area contributed by atoms with Crippen LogP contribution < -0.4 is 5.32 Å². The quantitative estimate of drug-likeness (QED) is 0.669. The van der Waals surface area contributed by atoms with Gasteiger partial charge < -0.3 is 25.0 Å². The Morgan fingerprint density at radius 1 is 1.32 bits per heavy atom. The molecule has 7 nitrogen and oxygen atoms in total. The van der Waals surface area contributed by atoms with Crippen LogP contribution >= 0.6 is 0 Å². The van der Waals surface area contributed by atoms with E-state index >= 15 is 0 Å². The fourth-order valence-corrected chi connectivity index (χ4v) is 2.65. The van der Waals surface area contributed by atoms with Gasteiger partial charge in [0.15, 0.2) is 0 Å². The monoisotopic (exact) mass is 352 g/mol. The molecule has 1 saturated heterocycles. The van der Waals surface area contributed by atoms with E-state index in [1.165, 1.54) is 0 Å². The van der Waals surface area contributed by atoms with Crippen molar-refractivity contribution in [2.75, 3.05) is 19.6 Å². The highest BCUT2D eigenvalue weighted by Crippen LogP contribution is 2.21. The molecule has 3 atom stereocenters. The minimum absolute atomic E-state index is 0.192. The van der Waals surface area contributed by atoms with Gasteiger partial charge >= 0.3 is 6.09 Å². The molecule has 0 aliphatic carbocycles. The largest absolute Gasteiger partial charge is 0.445 e. The van der Waals surface area contributed by atoms with E-state index in [2.05, 4.69) is 5.32 Å². The second-order valence-electron chi connectivity index (χ2n) is 7.28. The molecule has 1 aliphatic rings. The van der Waals surface area contributed by atoms with Gasteiger partial charge in [0.05, 0.1) is 11.7 Å². The van der Waals surface area contributed by atoms with Crippen LogP contribution in [0.15, 0.2) is 30.3 Å². The third-order valence-electron chi connectivity index (χ3n) is 3.93. The molecule has 1 aromatic carbocycles. The molecule has 0 saturated carbocycles. The lowest BCUT2D eigenvalue weighted by Gasteiger charge is -2.29. The molecule has 0 spiro atoms. The highest BCUT2D eigenvalue weighted by Gasteiger charge is 2.36. The number of nitrogens with zero attached hydrogens (tertiary/aromatic N) is 1. The summed E-state index contributed by atoms with van der Waals surface area (Å²) in [6.45, 7) is 6.75. The van der Waals surface area contributed by atoms with Crippen molar-refractivity contribution >= 4 is 6.09 Å². The van der Waals surface area contributed by atoms with Crippen LogP contribution in [0.5, 0.6) is 0 Å². The van der Waals surface area contributed by atoms with Crippen molar-refractivity contribution in [2.45, 2.75) is 45.5 Å². The topological polar surface area (TPSA) is 91.3 Å². The van der Waals surface area contributed by atoms with Crippen molar-refractivity contribution in [2.24, 2.45) is 5.92 Å². The Hall–Kier alpha value is -1.67. The predicted octanol–water partition coefficient (Wildman–Crippen LogP) is 1.30. The molecule has 25 heavy (non-hydrogen) atoms. The summed E-state index contributed by atoms with van der Waals surface area (Å²) in [7, 11) is 0. The first-order chi connectivity index (χ1) is 11.7. The standard InChI is InChI=1S/C18H28N2O5/c1-18(2,3)25-17(23)20-10-14(15(21)11-20)9-19-16(22)24-12-13-7-5-4-6-8-13/h4-8,14-15,17,21,23H,9-12H2,1-3H3,(H,19,22)/t14-,15?,17?/m0/s1. The molecule has 3 N–H and O–H groups in total. The molecule has 1 fully saturated rings. The minimum Gasteiger partial charge on any atom is -0.445 e. The molecule has 2 rings (SSSR count). The second kappa shape index (κ2) is 8.62.